The summed E-state index contributed by atoms with van der Waals surface area (Å²) in [6, 6.07) is -0.886. The Morgan fingerprint density at radius 3 is 2.41 bits per heavy atom. The molecule has 6 heteroatoms. The van der Waals surface area contributed by atoms with Crippen molar-refractivity contribution in [3.8, 4) is 0 Å². The van der Waals surface area contributed by atoms with Gasteiger partial charge in [0.2, 0.25) is 5.91 Å². The van der Waals surface area contributed by atoms with Crippen LogP contribution in [0.2, 0.25) is 0 Å². The fourth-order valence-corrected chi connectivity index (χ4v) is 1.98. The van der Waals surface area contributed by atoms with Crippen molar-refractivity contribution in [3.05, 3.63) is 0 Å². The number of carbonyl (C=O) groups excluding carboxylic acids is 1. The summed E-state index contributed by atoms with van der Waals surface area (Å²) in [4.78, 5) is 22.2. The van der Waals surface area contributed by atoms with E-state index in [-0.39, 0.29) is 6.54 Å². The lowest BCUT2D eigenvalue weighted by Crippen LogP contribution is -2.50. The van der Waals surface area contributed by atoms with E-state index in [4.69, 9.17) is 5.11 Å². The fraction of sp³-hybridized carbons (Fsp3) is 0.818. The van der Waals surface area contributed by atoms with Gasteiger partial charge in [0.25, 0.3) is 0 Å². The van der Waals surface area contributed by atoms with E-state index in [1.165, 1.54) is 19.8 Å². The SMILES string of the molecule is C[C@@H](O)[C@H](NC(=O)CNC1CCCC1)C(=O)O. The Bertz CT molecular complexity index is 275. The molecule has 1 aliphatic carbocycles. The Morgan fingerprint density at radius 1 is 1.35 bits per heavy atom. The predicted octanol–water partition coefficient (Wildman–Crippen LogP) is -0.531. The second-order valence-electron chi connectivity index (χ2n) is 4.49. The van der Waals surface area contributed by atoms with Crippen LogP contribution in [0.4, 0.5) is 0 Å². The molecular formula is C11H20N2O4. The number of carboxylic acid groups (broad SMARTS) is 1. The molecule has 4 N–H and O–H groups in total. The van der Waals surface area contributed by atoms with Gasteiger partial charge in [0, 0.05) is 6.04 Å². The minimum atomic E-state index is -1.24. The number of nitrogens with one attached hydrogen (secondary N) is 2. The fourth-order valence-electron chi connectivity index (χ4n) is 1.98. The van der Waals surface area contributed by atoms with Crippen molar-refractivity contribution in [1.29, 1.82) is 0 Å². The second-order valence-corrected chi connectivity index (χ2v) is 4.49. The zero-order chi connectivity index (χ0) is 12.8. The quantitative estimate of drug-likeness (QED) is 0.503. The van der Waals surface area contributed by atoms with Crippen LogP contribution in [-0.4, -0.2) is 46.8 Å². The second kappa shape index (κ2) is 6.56. The van der Waals surface area contributed by atoms with Crippen molar-refractivity contribution in [3.63, 3.8) is 0 Å². The lowest BCUT2D eigenvalue weighted by molar-refractivity contribution is -0.144. The summed E-state index contributed by atoms with van der Waals surface area (Å²) in [5, 5.41) is 23.3. The summed E-state index contributed by atoms with van der Waals surface area (Å²) in [7, 11) is 0. The number of aliphatic carboxylic acids is 1. The van der Waals surface area contributed by atoms with Crippen LogP contribution in [0.5, 0.6) is 0 Å². The Labute approximate surface area is 100 Å². The molecule has 1 saturated carbocycles. The van der Waals surface area contributed by atoms with Crippen molar-refractivity contribution in [1.82, 2.24) is 10.6 Å². The summed E-state index contributed by atoms with van der Waals surface area (Å²) in [5.74, 6) is -1.63. The molecule has 0 heterocycles. The molecule has 0 aromatic carbocycles. The molecule has 0 spiro atoms. The molecule has 1 aliphatic rings. The molecule has 6 nitrogen and oxygen atoms in total. The Kier molecular flexibility index (Phi) is 5.37. The van der Waals surface area contributed by atoms with Gasteiger partial charge in [-0.1, -0.05) is 12.8 Å². The number of carbonyl (C=O) groups is 2. The molecule has 0 unspecified atom stereocenters. The number of aliphatic hydroxyl groups is 1. The maximum Gasteiger partial charge on any atom is 0.328 e. The van der Waals surface area contributed by atoms with Gasteiger partial charge in [-0.2, -0.15) is 0 Å². The van der Waals surface area contributed by atoms with E-state index in [2.05, 4.69) is 10.6 Å². The van der Waals surface area contributed by atoms with E-state index in [1.54, 1.807) is 0 Å². The van der Waals surface area contributed by atoms with Gasteiger partial charge in [-0.05, 0) is 19.8 Å². The average Bonchev–Trinajstić information content (AvgIpc) is 2.74. The number of rotatable bonds is 6. The van der Waals surface area contributed by atoms with Gasteiger partial charge in [-0.15, -0.1) is 0 Å². The standard InChI is InChI=1S/C11H20N2O4/c1-7(14)10(11(16)17)13-9(15)6-12-8-4-2-3-5-8/h7-8,10,12,14H,2-6H2,1H3,(H,13,15)(H,16,17)/t7-,10+/m1/s1. The molecule has 0 bridgehead atoms. The van der Waals surface area contributed by atoms with Gasteiger partial charge in [-0.3, -0.25) is 4.79 Å². The van der Waals surface area contributed by atoms with Crippen molar-refractivity contribution in [2.45, 2.75) is 50.8 Å². The summed E-state index contributed by atoms with van der Waals surface area (Å²) in [5.41, 5.74) is 0. The van der Waals surface area contributed by atoms with Crippen LogP contribution in [0, 0.1) is 0 Å². The molecule has 1 amide bonds. The lowest BCUT2D eigenvalue weighted by atomic mass is 10.2. The smallest absolute Gasteiger partial charge is 0.328 e. The first-order valence-corrected chi connectivity index (χ1v) is 5.94. The van der Waals surface area contributed by atoms with E-state index in [1.807, 2.05) is 0 Å². The van der Waals surface area contributed by atoms with E-state index >= 15 is 0 Å². The monoisotopic (exact) mass is 244 g/mol. The van der Waals surface area contributed by atoms with E-state index < -0.39 is 24.0 Å². The Morgan fingerprint density at radius 2 is 1.94 bits per heavy atom. The first-order valence-electron chi connectivity index (χ1n) is 5.94. The molecule has 0 aliphatic heterocycles. The topological polar surface area (TPSA) is 98.7 Å². The molecular weight excluding hydrogens is 224 g/mol. The maximum absolute atomic E-state index is 11.5. The van der Waals surface area contributed by atoms with Crippen LogP contribution < -0.4 is 10.6 Å². The molecule has 1 fully saturated rings. The van der Waals surface area contributed by atoms with Crippen LogP contribution in [0.25, 0.3) is 0 Å². The normalized spacial score (nSPS) is 19.9. The van der Waals surface area contributed by atoms with Crippen LogP contribution in [0.15, 0.2) is 0 Å². The van der Waals surface area contributed by atoms with Gasteiger partial charge in [0.05, 0.1) is 12.6 Å². The lowest BCUT2D eigenvalue weighted by Gasteiger charge is -2.18. The van der Waals surface area contributed by atoms with E-state index in [9.17, 15) is 14.7 Å². The van der Waals surface area contributed by atoms with E-state index in [0.717, 1.165) is 12.8 Å². The van der Waals surface area contributed by atoms with Crippen LogP contribution in [0.3, 0.4) is 0 Å². The third kappa shape index (κ3) is 4.70. The molecule has 98 valence electrons. The molecule has 0 aromatic rings. The molecule has 17 heavy (non-hydrogen) atoms. The minimum absolute atomic E-state index is 0.0984. The average molecular weight is 244 g/mol. The van der Waals surface area contributed by atoms with Gasteiger partial charge in [0.1, 0.15) is 0 Å². The van der Waals surface area contributed by atoms with Gasteiger partial charge >= 0.3 is 5.97 Å². The maximum atomic E-state index is 11.5. The van der Waals surface area contributed by atoms with Crippen molar-refractivity contribution in [2.24, 2.45) is 0 Å². The molecule has 0 saturated heterocycles. The first kappa shape index (κ1) is 13.9. The number of aliphatic hydroxyl groups excluding tert-OH is 1. The number of carboxylic acids is 1. The van der Waals surface area contributed by atoms with E-state index in [0.29, 0.717) is 6.04 Å². The zero-order valence-corrected chi connectivity index (χ0v) is 9.98. The molecule has 2 atom stereocenters. The Hall–Kier alpha value is -1.14. The number of amides is 1. The van der Waals surface area contributed by atoms with Crippen molar-refractivity contribution in [2.75, 3.05) is 6.54 Å². The zero-order valence-electron chi connectivity index (χ0n) is 9.98. The van der Waals surface area contributed by atoms with Gasteiger partial charge in [0.15, 0.2) is 6.04 Å². The minimum Gasteiger partial charge on any atom is -0.480 e. The van der Waals surface area contributed by atoms with Crippen LogP contribution >= 0.6 is 0 Å². The van der Waals surface area contributed by atoms with Crippen LogP contribution in [-0.2, 0) is 9.59 Å². The third-order valence-electron chi connectivity index (χ3n) is 2.97. The van der Waals surface area contributed by atoms with Crippen LogP contribution in [0.1, 0.15) is 32.6 Å². The highest BCUT2D eigenvalue weighted by atomic mass is 16.4. The summed E-state index contributed by atoms with van der Waals surface area (Å²) in [6.45, 7) is 1.44. The highest BCUT2D eigenvalue weighted by Crippen LogP contribution is 2.17. The molecule has 1 rings (SSSR count). The highest BCUT2D eigenvalue weighted by Gasteiger charge is 2.25. The highest BCUT2D eigenvalue weighted by molar-refractivity contribution is 5.85. The number of hydrogen-bond donors (Lipinski definition) is 4. The van der Waals surface area contributed by atoms with Crippen molar-refractivity contribution < 1.29 is 19.8 Å². The summed E-state index contributed by atoms with van der Waals surface area (Å²) >= 11 is 0. The van der Waals surface area contributed by atoms with Gasteiger partial charge < -0.3 is 20.8 Å². The third-order valence-corrected chi connectivity index (χ3v) is 2.97. The molecule has 0 aromatic heterocycles. The predicted molar refractivity (Wildman–Crippen MR) is 61.5 cm³/mol. The number of hydrogen-bond acceptors (Lipinski definition) is 4. The Balaban J connectivity index is 2.29. The first-order chi connectivity index (χ1) is 8.00. The largest absolute Gasteiger partial charge is 0.480 e. The van der Waals surface area contributed by atoms with Gasteiger partial charge in [-0.25, -0.2) is 4.79 Å². The summed E-state index contributed by atoms with van der Waals surface area (Å²) in [6.07, 6.45) is 3.36. The molecule has 0 radical (unpaired) electrons. The summed E-state index contributed by atoms with van der Waals surface area (Å²) < 4.78 is 0. The van der Waals surface area contributed by atoms with Crippen molar-refractivity contribution >= 4 is 11.9 Å².